The minimum Gasteiger partial charge on any atom is -0.348 e. The van der Waals surface area contributed by atoms with Crippen LogP contribution in [0.1, 0.15) is 13.3 Å². The highest BCUT2D eigenvalue weighted by Gasteiger charge is 2.44. The Morgan fingerprint density at radius 3 is 2.57 bits per heavy atom. The third-order valence-corrected chi connectivity index (χ3v) is 2.56. The van der Waals surface area contributed by atoms with Crippen molar-refractivity contribution in [3.8, 4) is 6.07 Å². The fourth-order valence-corrected chi connectivity index (χ4v) is 1.84. The molecule has 0 spiro atoms. The topological polar surface area (TPSA) is 59.3 Å². The first-order valence-electron chi connectivity index (χ1n) is 4.36. The van der Waals surface area contributed by atoms with Crippen molar-refractivity contribution in [3.05, 3.63) is 11.6 Å². The molecule has 0 aromatic heterocycles. The van der Waals surface area contributed by atoms with Crippen molar-refractivity contribution in [2.24, 2.45) is 5.92 Å². The Morgan fingerprint density at radius 1 is 1.57 bits per heavy atom. The number of ether oxygens (including phenoxy) is 2. The number of ketones is 1. The highest BCUT2D eigenvalue weighted by atomic mass is 16.7. The fourth-order valence-electron chi connectivity index (χ4n) is 1.84. The van der Waals surface area contributed by atoms with Crippen LogP contribution in [0, 0.1) is 17.2 Å². The molecular formula is C10H13NO3. The Kier molecular flexibility index (Phi) is 3.04. The minimum atomic E-state index is -1.05. The summed E-state index contributed by atoms with van der Waals surface area (Å²) in [6.07, 6.45) is 1.64. The number of nitrogens with zero attached hydrogens (tertiary/aromatic N) is 1. The van der Waals surface area contributed by atoms with Crippen LogP contribution in [-0.4, -0.2) is 25.8 Å². The largest absolute Gasteiger partial charge is 0.348 e. The lowest BCUT2D eigenvalue weighted by molar-refractivity contribution is -0.209. The Hall–Kier alpha value is -1.18. The first-order valence-corrected chi connectivity index (χ1v) is 4.36. The molecule has 1 rings (SSSR count). The van der Waals surface area contributed by atoms with Crippen LogP contribution in [0.2, 0.25) is 0 Å². The smallest absolute Gasteiger partial charge is 0.207 e. The average molecular weight is 195 g/mol. The molecule has 0 aliphatic heterocycles. The van der Waals surface area contributed by atoms with Gasteiger partial charge in [-0.2, -0.15) is 5.26 Å². The second-order valence-corrected chi connectivity index (χ2v) is 3.32. The van der Waals surface area contributed by atoms with Crippen molar-refractivity contribution >= 4 is 5.78 Å². The molecule has 0 aromatic carbocycles. The number of carbonyl (C=O) groups excluding carboxylic acids is 1. The molecule has 4 heteroatoms. The zero-order chi connectivity index (χ0) is 10.8. The van der Waals surface area contributed by atoms with E-state index in [2.05, 4.69) is 0 Å². The Bertz CT molecular complexity index is 310. The average Bonchev–Trinajstić information content (AvgIpc) is 2.17. The summed E-state index contributed by atoms with van der Waals surface area (Å²) in [5.41, 5.74) is 0.242. The molecule has 0 radical (unpaired) electrons. The molecule has 0 aromatic rings. The van der Waals surface area contributed by atoms with Crippen LogP contribution in [0.4, 0.5) is 0 Å². The molecule has 4 nitrogen and oxygen atoms in total. The summed E-state index contributed by atoms with van der Waals surface area (Å²) in [7, 11) is 2.95. The van der Waals surface area contributed by atoms with Gasteiger partial charge >= 0.3 is 0 Å². The van der Waals surface area contributed by atoms with Gasteiger partial charge < -0.3 is 9.47 Å². The lowest BCUT2D eigenvalue weighted by atomic mass is 9.83. The van der Waals surface area contributed by atoms with Crippen molar-refractivity contribution in [1.82, 2.24) is 0 Å². The van der Waals surface area contributed by atoms with Crippen molar-refractivity contribution in [1.29, 1.82) is 5.26 Å². The molecule has 76 valence electrons. The zero-order valence-electron chi connectivity index (χ0n) is 8.53. The number of hydrogen-bond donors (Lipinski definition) is 0. The van der Waals surface area contributed by atoms with Crippen molar-refractivity contribution < 1.29 is 14.3 Å². The number of allylic oxidation sites excluding steroid dienone is 1. The summed E-state index contributed by atoms with van der Waals surface area (Å²) in [4.78, 5) is 11.2. The molecule has 0 heterocycles. The molecular weight excluding hydrogens is 182 g/mol. The van der Waals surface area contributed by atoms with Crippen molar-refractivity contribution in [2.45, 2.75) is 19.1 Å². The van der Waals surface area contributed by atoms with E-state index >= 15 is 0 Å². The normalized spacial score (nSPS) is 25.4. The first kappa shape index (κ1) is 10.9. The second-order valence-electron chi connectivity index (χ2n) is 3.32. The predicted octanol–water partition coefficient (Wildman–Crippen LogP) is 1.03. The Morgan fingerprint density at radius 2 is 2.14 bits per heavy atom. The zero-order valence-corrected chi connectivity index (χ0v) is 8.53. The molecule has 0 saturated carbocycles. The van der Waals surface area contributed by atoms with Gasteiger partial charge in [0.1, 0.15) is 6.07 Å². The van der Waals surface area contributed by atoms with Crippen LogP contribution < -0.4 is 0 Å². The lowest BCUT2D eigenvalue weighted by Gasteiger charge is -2.37. The van der Waals surface area contributed by atoms with E-state index in [1.165, 1.54) is 20.3 Å². The maximum Gasteiger partial charge on any atom is 0.207 e. The van der Waals surface area contributed by atoms with Gasteiger partial charge in [0.05, 0.1) is 5.57 Å². The number of hydrogen-bond acceptors (Lipinski definition) is 4. The van der Waals surface area contributed by atoms with Crippen LogP contribution in [0.5, 0.6) is 0 Å². The van der Waals surface area contributed by atoms with Crippen molar-refractivity contribution in [3.63, 3.8) is 0 Å². The molecule has 0 saturated heterocycles. The summed E-state index contributed by atoms with van der Waals surface area (Å²) in [5.74, 6) is -1.26. The van der Waals surface area contributed by atoms with E-state index in [0.29, 0.717) is 6.42 Å². The molecule has 1 atom stereocenters. The Labute approximate surface area is 83.1 Å². The van der Waals surface area contributed by atoms with E-state index < -0.39 is 5.79 Å². The maximum atomic E-state index is 11.2. The van der Waals surface area contributed by atoms with Gasteiger partial charge in [-0.1, -0.05) is 6.92 Å². The first-order chi connectivity index (χ1) is 6.60. The second kappa shape index (κ2) is 3.91. The number of rotatable bonds is 2. The molecule has 14 heavy (non-hydrogen) atoms. The number of methoxy groups -OCH3 is 2. The van der Waals surface area contributed by atoms with Gasteiger partial charge in [0, 0.05) is 32.6 Å². The fraction of sp³-hybridized carbons (Fsp3) is 0.600. The highest BCUT2D eigenvalue weighted by molar-refractivity contribution is 5.92. The molecule has 1 aliphatic carbocycles. The number of nitriles is 1. The van der Waals surface area contributed by atoms with E-state index in [1.54, 1.807) is 0 Å². The van der Waals surface area contributed by atoms with E-state index in [0.717, 1.165) is 0 Å². The summed E-state index contributed by atoms with van der Waals surface area (Å²) in [5, 5.41) is 8.89. The lowest BCUT2D eigenvalue weighted by Crippen LogP contribution is -2.45. The SMILES string of the molecule is COC1(OC)C(C#N)=CC(=O)CC1C. The van der Waals surface area contributed by atoms with Gasteiger partial charge in [-0.05, 0) is 0 Å². The van der Waals surface area contributed by atoms with E-state index in [-0.39, 0.29) is 17.3 Å². The summed E-state index contributed by atoms with van der Waals surface area (Å²) >= 11 is 0. The molecule has 1 unspecified atom stereocenters. The van der Waals surface area contributed by atoms with Gasteiger partial charge in [0.15, 0.2) is 5.78 Å². The van der Waals surface area contributed by atoms with E-state index in [1.807, 2.05) is 13.0 Å². The van der Waals surface area contributed by atoms with Gasteiger partial charge in [0.2, 0.25) is 5.79 Å². The van der Waals surface area contributed by atoms with Crippen LogP contribution in [0.25, 0.3) is 0 Å². The van der Waals surface area contributed by atoms with E-state index in [9.17, 15) is 4.79 Å². The maximum absolute atomic E-state index is 11.2. The van der Waals surface area contributed by atoms with Gasteiger partial charge in [-0.3, -0.25) is 4.79 Å². The van der Waals surface area contributed by atoms with Gasteiger partial charge in [-0.25, -0.2) is 0 Å². The third kappa shape index (κ3) is 1.45. The predicted molar refractivity (Wildman–Crippen MR) is 49.2 cm³/mol. The summed E-state index contributed by atoms with van der Waals surface area (Å²) < 4.78 is 10.5. The third-order valence-electron chi connectivity index (χ3n) is 2.56. The standard InChI is InChI=1S/C10H13NO3/c1-7-4-9(12)5-8(6-11)10(7,13-2)14-3/h5,7H,4H2,1-3H3. The minimum absolute atomic E-state index is 0.0567. The molecule has 0 fully saturated rings. The van der Waals surface area contributed by atoms with Crippen molar-refractivity contribution in [2.75, 3.05) is 14.2 Å². The summed E-state index contributed by atoms with van der Waals surface area (Å²) in [6.45, 7) is 1.83. The van der Waals surface area contributed by atoms with Gasteiger partial charge in [-0.15, -0.1) is 0 Å². The van der Waals surface area contributed by atoms with Crippen LogP contribution in [0.15, 0.2) is 11.6 Å². The van der Waals surface area contributed by atoms with Crippen LogP contribution in [0.3, 0.4) is 0 Å². The van der Waals surface area contributed by atoms with E-state index in [4.69, 9.17) is 14.7 Å². The van der Waals surface area contributed by atoms with Gasteiger partial charge in [0.25, 0.3) is 0 Å². The number of carbonyl (C=O) groups is 1. The van der Waals surface area contributed by atoms with Crippen LogP contribution in [-0.2, 0) is 14.3 Å². The Balaban J connectivity index is 3.19. The molecule has 0 bridgehead atoms. The quantitative estimate of drug-likeness (QED) is 0.617. The summed E-state index contributed by atoms with van der Waals surface area (Å²) in [6, 6.07) is 1.95. The molecule has 0 amide bonds. The highest BCUT2D eigenvalue weighted by Crippen LogP contribution is 2.36. The van der Waals surface area contributed by atoms with Crippen LogP contribution >= 0.6 is 0 Å². The monoisotopic (exact) mass is 195 g/mol. The molecule has 1 aliphatic rings. The molecule has 0 N–H and O–H groups in total.